The van der Waals surface area contributed by atoms with Gasteiger partial charge < -0.3 is 20.1 Å². The molecule has 0 aromatic heterocycles. The van der Waals surface area contributed by atoms with Gasteiger partial charge in [-0.1, -0.05) is 25.1 Å². The molecule has 2 rings (SSSR count). The Hall–Kier alpha value is -3.35. The Morgan fingerprint density at radius 2 is 1.79 bits per heavy atom. The monoisotopic (exact) mass is 384 g/mol. The van der Waals surface area contributed by atoms with Crippen LogP contribution < -0.4 is 15.4 Å². The normalized spacial score (nSPS) is 11.2. The number of esters is 1. The summed E-state index contributed by atoms with van der Waals surface area (Å²) in [6, 6.07) is 13.6. The molecular weight excluding hydrogens is 360 g/mol. The molecule has 0 saturated heterocycles. The Morgan fingerprint density at radius 1 is 1.07 bits per heavy atom. The van der Waals surface area contributed by atoms with Crippen LogP contribution in [0.2, 0.25) is 0 Å². The molecule has 1 unspecified atom stereocenters. The van der Waals surface area contributed by atoms with Crippen molar-refractivity contribution < 1.29 is 23.9 Å². The third-order valence-electron chi connectivity index (χ3n) is 4.04. The first-order valence-electron chi connectivity index (χ1n) is 8.93. The molecule has 7 heteroatoms. The number of carbonyl (C=O) groups is 3. The summed E-state index contributed by atoms with van der Waals surface area (Å²) in [5.41, 5.74) is 2.03. The van der Waals surface area contributed by atoms with Crippen LogP contribution in [0, 0.1) is 0 Å². The summed E-state index contributed by atoms with van der Waals surface area (Å²) in [5, 5.41) is 5.70. The Morgan fingerprint density at radius 3 is 2.43 bits per heavy atom. The van der Waals surface area contributed by atoms with Crippen LogP contribution in [-0.2, 0) is 14.3 Å². The van der Waals surface area contributed by atoms with Gasteiger partial charge in [-0.2, -0.15) is 0 Å². The Balaban J connectivity index is 1.98. The van der Waals surface area contributed by atoms with Crippen LogP contribution in [0.15, 0.2) is 48.5 Å². The van der Waals surface area contributed by atoms with E-state index in [4.69, 9.17) is 4.74 Å². The predicted molar refractivity (Wildman–Crippen MR) is 105 cm³/mol. The van der Waals surface area contributed by atoms with Crippen molar-refractivity contribution in [2.24, 2.45) is 0 Å². The molecule has 0 heterocycles. The lowest BCUT2D eigenvalue weighted by molar-refractivity contribution is -0.142. The van der Waals surface area contributed by atoms with Crippen molar-refractivity contribution in [3.8, 4) is 5.75 Å². The van der Waals surface area contributed by atoms with Crippen molar-refractivity contribution in [2.45, 2.75) is 26.3 Å². The van der Waals surface area contributed by atoms with Gasteiger partial charge in [0.15, 0.2) is 6.61 Å². The van der Waals surface area contributed by atoms with E-state index in [0.717, 1.165) is 5.56 Å². The van der Waals surface area contributed by atoms with E-state index in [9.17, 15) is 14.4 Å². The minimum Gasteiger partial charge on any atom is -0.482 e. The summed E-state index contributed by atoms with van der Waals surface area (Å²) in [6.07, 6.45) is 0.413. The lowest BCUT2D eigenvalue weighted by Gasteiger charge is -2.15. The van der Waals surface area contributed by atoms with Crippen LogP contribution in [0.4, 0.5) is 5.69 Å². The summed E-state index contributed by atoms with van der Waals surface area (Å²) in [7, 11) is 1.28. The van der Waals surface area contributed by atoms with Crippen molar-refractivity contribution in [1.82, 2.24) is 5.32 Å². The average Bonchev–Trinajstić information content (AvgIpc) is 2.72. The fourth-order valence-electron chi connectivity index (χ4n) is 2.40. The van der Waals surface area contributed by atoms with E-state index in [-0.39, 0.29) is 24.5 Å². The Bertz CT molecular complexity index is 833. The standard InChI is InChI=1S/C21H24N2O5/c1-4-19(24)23-17-10-8-15(9-11-17)14(2)22-21(26)16-6-5-7-18(12-16)28-13-20(25)27-3/h5-12,14H,4,13H2,1-3H3,(H,22,26)(H,23,24). The number of hydrogen-bond acceptors (Lipinski definition) is 5. The molecule has 0 spiro atoms. The second kappa shape index (κ2) is 10.1. The molecule has 0 bridgehead atoms. The van der Waals surface area contributed by atoms with Gasteiger partial charge in [-0.3, -0.25) is 9.59 Å². The number of benzene rings is 2. The fraction of sp³-hybridized carbons (Fsp3) is 0.286. The molecule has 148 valence electrons. The van der Waals surface area contributed by atoms with Gasteiger partial charge in [-0.05, 0) is 42.8 Å². The first-order valence-corrected chi connectivity index (χ1v) is 8.93. The van der Waals surface area contributed by atoms with Crippen molar-refractivity contribution in [2.75, 3.05) is 19.0 Å². The van der Waals surface area contributed by atoms with Crippen molar-refractivity contribution in [3.05, 3.63) is 59.7 Å². The second-order valence-electron chi connectivity index (χ2n) is 6.11. The highest BCUT2D eigenvalue weighted by molar-refractivity contribution is 5.95. The predicted octanol–water partition coefficient (Wildman–Crippen LogP) is 3.08. The summed E-state index contributed by atoms with van der Waals surface area (Å²) in [4.78, 5) is 35.1. The zero-order valence-electron chi connectivity index (χ0n) is 16.2. The Labute approximate surface area is 164 Å². The van der Waals surface area contributed by atoms with E-state index < -0.39 is 5.97 Å². The number of rotatable bonds is 8. The second-order valence-corrected chi connectivity index (χ2v) is 6.11. The van der Waals surface area contributed by atoms with E-state index in [2.05, 4.69) is 15.4 Å². The summed E-state index contributed by atoms with van der Waals surface area (Å²) in [5.74, 6) is -0.411. The molecule has 2 amide bonds. The molecule has 1 atom stereocenters. The number of methoxy groups -OCH3 is 1. The third-order valence-corrected chi connectivity index (χ3v) is 4.04. The first-order chi connectivity index (χ1) is 13.4. The topological polar surface area (TPSA) is 93.7 Å². The summed E-state index contributed by atoms with van der Waals surface area (Å²) >= 11 is 0. The van der Waals surface area contributed by atoms with Crippen LogP contribution in [-0.4, -0.2) is 31.5 Å². The maximum absolute atomic E-state index is 12.5. The molecule has 0 radical (unpaired) electrons. The molecule has 2 aromatic rings. The molecule has 0 fully saturated rings. The van der Waals surface area contributed by atoms with Crippen LogP contribution in [0.1, 0.15) is 42.2 Å². The largest absolute Gasteiger partial charge is 0.482 e. The molecule has 0 aliphatic carbocycles. The van der Waals surface area contributed by atoms with Crippen molar-refractivity contribution >= 4 is 23.5 Å². The van der Waals surface area contributed by atoms with Crippen LogP contribution in [0.3, 0.4) is 0 Å². The lowest BCUT2D eigenvalue weighted by Crippen LogP contribution is -2.26. The van der Waals surface area contributed by atoms with Crippen molar-refractivity contribution in [3.63, 3.8) is 0 Å². The number of amides is 2. The Kier molecular flexibility index (Phi) is 7.56. The van der Waals surface area contributed by atoms with Gasteiger partial charge in [0, 0.05) is 17.7 Å². The van der Waals surface area contributed by atoms with Crippen LogP contribution in [0.5, 0.6) is 5.75 Å². The molecule has 0 aliphatic rings. The van der Waals surface area contributed by atoms with E-state index in [1.165, 1.54) is 7.11 Å². The molecule has 2 aromatic carbocycles. The zero-order valence-corrected chi connectivity index (χ0v) is 16.2. The summed E-state index contributed by atoms with van der Waals surface area (Å²) < 4.78 is 9.82. The number of hydrogen-bond donors (Lipinski definition) is 2. The highest BCUT2D eigenvalue weighted by atomic mass is 16.6. The van der Waals surface area contributed by atoms with E-state index in [1.807, 2.05) is 19.1 Å². The quantitative estimate of drug-likeness (QED) is 0.682. The van der Waals surface area contributed by atoms with Gasteiger partial charge in [-0.25, -0.2) is 4.79 Å². The number of ether oxygens (including phenoxy) is 2. The maximum atomic E-state index is 12.5. The SMILES string of the molecule is CCC(=O)Nc1ccc(C(C)NC(=O)c2cccc(OCC(=O)OC)c2)cc1. The maximum Gasteiger partial charge on any atom is 0.343 e. The zero-order chi connectivity index (χ0) is 20.5. The lowest BCUT2D eigenvalue weighted by atomic mass is 10.1. The van der Waals surface area contributed by atoms with Gasteiger partial charge in [0.2, 0.25) is 5.91 Å². The highest BCUT2D eigenvalue weighted by Gasteiger charge is 2.13. The minimum atomic E-state index is -0.498. The van der Waals surface area contributed by atoms with Gasteiger partial charge in [0.1, 0.15) is 5.75 Å². The van der Waals surface area contributed by atoms with Gasteiger partial charge in [0.25, 0.3) is 5.91 Å². The highest BCUT2D eigenvalue weighted by Crippen LogP contribution is 2.18. The van der Waals surface area contributed by atoms with E-state index in [0.29, 0.717) is 23.4 Å². The number of nitrogens with one attached hydrogen (secondary N) is 2. The molecular formula is C21H24N2O5. The minimum absolute atomic E-state index is 0.0524. The van der Waals surface area contributed by atoms with Crippen molar-refractivity contribution in [1.29, 1.82) is 0 Å². The molecule has 0 aliphatic heterocycles. The molecule has 28 heavy (non-hydrogen) atoms. The number of anilines is 1. The first kappa shape index (κ1) is 21.0. The summed E-state index contributed by atoms with van der Waals surface area (Å²) in [6.45, 7) is 3.44. The van der Waals surface area contributed by atoms with Crippen LogP contribution >= 0.6 is 0 Å². The fourth-order valence-corrected chi connectivity index (χ4v) is 2.40. The average molecular weight is 384 g/mol. The van der Waals surface area contributed by atoms with Gasteiger partial charge >= 0.3 is 5.97 Å². The third kappa shape index (κ3) is 6.12. The number of carbonyl (C=O) groups excluding carboxylic acids is 3. The molecule has 7 nitrogen and oxygen atoms in total. The van der Waals surface area contributed by atoms with Gasteiger partial charge in [0.05, 0.1) is 13.2 Å². The van der Waals surface area contributed by atoms with E-state index in [1.54, 1.807) is 43.3 Å². The van der Waals surface area contributed by atoms with Crippen LogP contribution in [0.25, 0.3) is 0 Å². The molecule has 2 N–H and O–H groups in total. The van der Waals surface area contributed by atoms with Gasteiger partial charge in [-0.15, -0.1) is 0 Å². The van der Waals surface area contributed by atoms with E-state index >= 15 is 0 Å². The smallest absolute Gasteiger partial charge is 0.343 e. The molecule has 0 saturated carbocycles.